The normalized spacial score (nSPS) is 16.0. The van der Waals surface area contributed by atoms with Crippen LogP contribution in [0.4, 0.5) is 0 Å². The second kappa shape index (κ2) is 12.1. The molecule has 1 unspecified atom stereocenters. The van der Waals surface area contributed by atoms with Crippen LogP contribution < -0.4 is 15.9 Å². The highest BCUT2D eigenvalue weighted by molar-refractivity contribution is 7.86. The fraction of sp³-hybridized carbons (Fsp3) is 0.0545. The molecule has 274 valence electrons. The van der Waals surface area contributed by atoms with Crippen LogP contribution in [-0.2, 0) is 9.98 Å². The van der Waals surface area contributed by atoms with Gasteiger partial charge in [0.05, 0.1) is 16.3 Å². The highest BCUT2D eigenvalue weighted by Crippen LogP contribution is 2.55. The van der Waals surface area contributed by atoms with Gasteiger partial charge in [0.25, 0.3) is 0 Å². The first-order valence-corrected chi connectivity index (χ1v) is 21.8. The molecular formula is C55H38NOP. The molecule has 0 fully saturated rings. The van der Waals surface area contributed by atoms with Crippen LogP contribution in [0.3, 0.4) is 0 Å². The lowest BCUT2D eigenvalue weighted by molar-refractivity contribution is 0.593. The molecule has 0 radical (unpaired) electrons. The van der Waals surface area contributed by atoms with Crippen molar-refractivity contribution < 1.29 is 4.57 Å². The quantitative estimate of drug-likeness (QED) is 0.164. The SMILES string of the molecule is CC1(C)c2cc(-c3ccc(-n4c5ccccc5c5ccc6c(c54)P(=O)(c4ccccc4)c4ccccc4-6)cc3)ccc2-c2ccc(-c3cccc4ccccc34)cc21. The van der Waals surface area contributed by atoms with E-state index < -0.39 is 7.14 Å². The molecule has 2 aliphatic rings. The van der Waals surface area contributed by atoms with Crippen molar-refractivity contribution in [2.45, 2.75) is 19.3 Å². The van der Waals surface area contributed by atoms with Crippen molar-refractivity contribution in [3.63, 3.8) is 0 Å². The highest BCUT2D eigenvalue weighted by Gasteiger charge is 2.43. The molecule has 2 nitrogen and oxygen atoms in total. The fourth-order valence-electron chi connectivity index (χ4n) is 10.2. The Balaban J connectivity index is 0.978. The Labute approximate surface area is 338 Å². The van der Waals surface area contributed by atoms with E-state index in [1.54, 1.807) is 0 Å². The number of nitrogens with zero attached hydrogens (tertiary/aromatic N) is 1. The molecule has 3 heteroatoms. The van der Waals surface area contributed by atoms with Crippen molar-refractivity contribution in [2.75, 3.05) is 0 Å². The molecule has 2 heterocycles. The molecule has 1 aliphatic heterocycles. The molecule has 12 rings (SSSR count). The standard InChI is InChI=1S/C55H38NOP/c1-55(2)49-33-37(25-29-43(49)44-30-26-38(34-50(44)55)42-20-12-14-36-13-6-7-17-41(36)42)35-23-27-39(28-24-35)56-51-21-10-8-18-45(51)47-31-32-48-46-19-9-11-22-52(46)58(57,54(48)53(47)56)40-15-4-3-5-16-40/h3-34H,1-2H3. The minimum atomic E-state index is -3.21. The molecule has 0 spiro atoms. The summed E-state index contributed by atoms with van der Waals surface area (Å²) in [7, 11) is -3.21. The van der Waals surface area contributed by atoms with Crippen LogP contribution in [0.2, 0.25) is 0 Å². The van der Waals surface area contributed by atoms with E-state index in [0.29, 0.717) is 0 Å². The summed E-state index contributed by atoms with van der Waals surface area (Å²) in [5.41, 5.74) is 15.4. The molecule has 10 aromatic rings. The minimum Gasteiger partial charge on any atom is -0.309 e. The monoisotopic (exact) mass is 759 g/mol. The molecule has 1 atom stereocenters. The smallest absolute Gasteiger partial charge is 0.174 e. The zero-order valence-corrected chi connectivity index (χ0v) is 33.2. The third-order valence-electron chi connectivity index (χ3n) is 13.0. The Hall–Kier alpha value is -6.73. The largest absolute Gasteiger partial charge is 0.309 e. The van der Waals surface area contributed by atoms with Gasteiger partial charge in [0.2, 0.25) is 0 Å². The van der Waals surface area contributed by atoms with Gasteiger partial charge in [-0.25, -0.2) is 0 Å². The lowest BCUT2D eigenvalue weighted by Gasteiger charge is -2.23. The highest BCUT2D eigenvalue weighted by atomic mass is 31.2. The third-order valence-corrected chi connectivity index (χ3v) is 16.2. The van der Waals surface area contributed by atoms with Gasteiger partial charge in [-0.05, 0) is 96.7 Å². The first-order valence-electron chi connectivity index (χ1n) is 20.1. The second-order valence-electron chi connectivity index (χ2n) is 16.4. The van der Waals surface area contributed by atoms with E-state index in [1.807, 2.05) is 36.4 Å². The van der Waals surface area contributed by atoms with Gasteiger partial charge in [0.15, 0.2) is 7.14 Å². The van der Waals surface area contributed by atoms with E-state index >= 15 is 4.57 Å². The topological polar surface area (TPSA) is 22.0 Å². The fourth-order valence-corrected chi connectivity index (χ4v) is 13.5. The predicted octanol–water partition coefficient (Wildman–Crippen LogP) is 13.2. The molecule has 1 aliphatic carbocycles. The maximum atomic E-state index is 15.9. The van der Waals surface area contributed by atoms with Crippen LogP contribution in [0.15, 0.2) is 194 Å². The van der Waals surface area contributed by atoms with Crippen molar-refractivity contribution in [3.05, 3.63) is 205 Å². The lowest BCUT2D eigenvalue weighted by atomic mass is 9.80. The van der Waals surface area contributed by atoms with E-state index in [4.69, 9.17) is 0 Å². The summed E-state index contributed by atoms with van der Waals surface area (Å²) in [5, 5.41) is 7.54. The molecule has 0 N–H and O–H groups in total. The number of hydrogen-bond donors (Lipinski definition) is 0. The molecule has 1 aromatic heterocycles. The van der Waals surface area contributed by atoms with E-state index in [9.17, 15) is 0 Å². The number of benzene rings is 9. The second-order valence-corrected chi connectivity index (χ2v) is 19.1. The number of aromatic nitrogens is 1. The summed E-state index contributed by atoms with van der Waals surface area (Å²) in [4.78, 5) is 0. The van der Waals surface area contributed by atoms with E-state index in [1.165, 1.54) is 55.3 Å². The lowest BCUT2D eigenvalue weighted by Crippen LogP contribution is -2.22. The number of rotatable bonds is 4. The summed E-state index contributed by atoms with van der Waals surface area (Å²) in [6, 6.07) is 69.6. The Morgan fingerprint density at radius 1 is 0.448 bits per heavy atom. The van der Waals surface area contributed by atoms with E-state index in [0.717, 1.165) is 54.5 Å². The molecule has 0 bridgehead atoms. The average molecular weight is 760 g/mol. The molecule has 58 heavy (non-hydrogen) atoms. The molecule has 0 amide bonds. The maximum Gasteiger partial charge on any atom is 0.174 e. The van der Waals surface area contributed by atoms with Crippen molar-refractivity contribution in [1.82, 2.24) is 4.57 Å². The Bertz CT molecular complexity index is 3380. The summed E-state index contributed by atoms with van der Waals surface area (Å²) >= 11 is 0. The van der Waals surface area contributed by atoms with Gasteiger partial charge in [-0.1, -0.05) is 178 Å². The number of hydrogen-bond acceptors (Lipinski definition) is 1. The van der Waals surface area contributed by atoms with Crippen LogP contribution in [0, 0.1) is 0 Å². The third kappa shape index (κ3) is 4.53. The van der Waals surface area contributed by atoms with Gasteiger partial charge in [-0.3, -0.25) is 0 Å². The first kappa shape index (κ1) is 33.4. The number of fused-ring (bicyclic) bond motifs is 11. The van der Waals surface area contributed by atoms with Gasteiger partial charge in [-0.15, -0.1) is 0 Å². The van der Waals surface area contributed by atoms with Gasteiger partial charge in [0, 0.05) is 32.5 Å². The Kier molecular flexibility index (Phi) is 6.99. The van der Waals surface area contributed by atoms with Crippen molar-refractivity contribution in [2.24, 2.45) is 0 Å². The van der Waals surface area contributed by atoms with Gasteiger partial charge < -0.3 is 9.13 Å². The predicted molar refractivity (Wildman–Crippen MR) is 245 cm³/mol. The zero-order chi connectivity index (χ0) is 38.8. The molecular weight excluding hydrogens is 722 g/mol. The van der Waals surface area contributed by atoms with E-state index in [-0.39, 0.29) is 5.41 Å². The summed E-state index contributed by atoms with van der Waals surface area (Å²) < 4.78 is 18.3. The van der Waals surface area contributed by atoms with Crippen LogP contribution in [0.5, 0.6) is 0 Å². The first-order chi connectivity index (χ1) is 28.4. The minimum absolute atomic E-state index is 0.158. The van der Waals surface area contributed by atoms with Gasteiger partial charge >= 0.3 is 0 Å². The van der Waals surface area contributed by atoms with Crippen LogP contribution in [-0.4, -0.2) is 4.57 Å². The van der Waals surface area contributed by atoms with Crippen molar-refractivity contribution >= 4 is 55.6 Å². The molecule has 0 saturated carbocycles. The number of para-hydroxylation sites is 1. The Morgan fingerprint density at radius 2 is 1.05 bits per heavy atom. The van der Waals surface area contributed by atoms with Crippen LogP contribution in [0.1, 0.15) is 25.0 Å². The van der Waals surface area contributed by atoms with Crippen molar-refractivity contribution in [1.29, 1.82) is 0 Å². The average Bonchev–Trinajstić information content (AvgIpc) is 3.84. The van der Waals surface area contributed by atoms with Gasteiger partial charge in [-0.2, -0.15) is 0 Å². The Morgan fingerprint density at radius 3 is 1.86 bits per heavy atom. The van der Waals surface area contributed by atoms with Crippen LogP contribution in [0.25, 0.3) is 82.8 Å². The summed E-state index contributed by atoms with van der Waals surface area (Å²) in [6.45, 7) is 4.73. The molecule has 0 saturated heterocycles. The summed E-state index contributed by atoms with van der Waals surface area (Å²) in [6.07, 6.45) is 0. The van der Waals surface area contributed by atoms with Crippen LogP contribution >= 0.6 is 7.14 Å². The van der Waals surface area contributed by atoms with Crippen molar-refractivity contribution in [3.8, 4) is 50.2 Å². The summed E-state index contributed by atoms with van der Waals surface area (Å²) in [5.74, 6) is 0. The van der Waals surface area contributed by atoms with E-state index in [2.05, 4.69) is 176 Å². The zero-order valence-electron chi connectivity index (χ0n) is 32.3. The van der Waals surface area contributed by atoms with Gasteiger partial charge in [0.1, 0.15) is 0 Å². The molecule has 9 aromatic carbocycles. The maximum absolute atomic E-state index is 15.9.